The average Bonchev–Trinajstić information content (AvgIpc) is 2.57. The Kier molecular flexibility index (Phi) is 5.45. The van der Waals surface area contributed by atoms with Crippen molar-refractivity contribution in [3.63, 3.8) is 0 Å². The molecule has 1 heterocycles. The highest BCUT2D eigenvalue weighted by Gasteiger charge is 2.45. The number of nitrogens with one attached hydrogen (secondary N) is 1. The van der Waals surface area contributed by atoms with Crippen molar-refractivity contribution < 1.29 is 28.7 Å². The number of ether oxygens (including phenoxy) is 2. The maximum Gasteiger partial charge on any atom is 0.330 e. The Hall–Kier alpha value is -2.55. The van der Waals surface area contributed by atoms with E-state index >= 15 is 0 Å². The molecule has 0 aromatic heterocycles. The predicted octanol–water partition coefficient (Wildman–Crippen LogP) is 0.797. The lowest BCUT2D eigenvalue weighted by atomic mass is 10.1. The zero-order valence-corrected chi connectivity index (χ0v) is 14.1. The Morgan fingerprint density at radius 2 is 1.88 bits per heavy atom. The van der Waals surface area contributed by atoms with Crippen molar-refractivity contribution in [1.29, 1.82) is 0 Å². The molecule has 0 unspecified atom stereocenters. The molecule has 8 nitrogen and oxygen atoms in total. The quantitative estimate of drug-likeness (QED) is 0.631. The van der Waals surface area contributed by atoms with Crippen LogP contribution in [0.4, 0.5) is 11.4 Å². The lowest BCUT2D eigenvalue weighted by Gasteiger charge is -2.36. The normalized spacial score (nSPS) is 19.0. The molecular formula is C15H16N2O6S. The van der Waals surface area contributed by atoms with E-state index in [0.717, 1.165) is 16.7 Å². The fourth-order valence-corrected chi connectivity index (χ4v) is 3.70. The predicted molar refractivity (Wildman–Crippen MR) is 86.8 cm³/mol. The Morgan fingerprint density at radius 1 is 1.21 bits per heavy atom. The fraction of sp³-hybridized carbons (Fsp3) is 0.333. The van der Waals surface area contributed by atoms with Crippen molar-refractivity contribution in [2.45, 2.75) is 23.1 Å². The van der Waals surface area contributed by atoms with Gasteiger partial charge >= 0.3 is 11.9 Å². The van der Waals surface area contributed by atoms with Crippen LogP contribution < -0.4 is 10.2 Å². The summed E-state index contributed by atoms with van der Waals surface area (Å²) in [5, 5.41) is 1.65. The fourth-order valence-electron chi connectivity index (χ4n) is 2.37. The highest BCUT2D eigenvalue weighted by Crippen LogP contribution is 2.43. The minimum absolute atomic E-state index is 0.250. The van der Waals surface area contributed by atoms with Gasteiger partial charge in [-0.05, 0) is 18.2 Å². The van der Waals surface area contributed by atoms with Gasteiger partial charge in [-0.2, -0.15) is 0 Å². The number of hydrogen-bond acceptors (Lipinski definition) is 7. The van der Waals surface area contributed by atoms with E-state index in [2.05, 4.69) is 5.32 Å². The summed E-state index contributed by atoms with van der Waals surface area (Å²) in [6.45, 7) is 1.37. The molecule has 0 fully saturated rings. The summed E-state index contributed by atoms with van der Waals surface area (Å²) in [5.41, 5.74) is 0.958. The number of rotatable bonds is 4. The number of methoxy groups -OCH3 is 2. The zero-order valence-electron chi connectivity index (χ0n) is 13.3. The van der Waals surface area contributed by atoms with Crippen LogP contribution in [0.15, 0.2) is 23.1 Å². The van der Waals surface area contributed by atoms with Crippen LogP contribution in [0.3, 0.4) is 0 Å². The molecule has 24 heavy (non-hydrogen) atoms. The molecule has 2 rings (SSSR count). The Morgan fingerprint density at radius 3 is 2.42 bits per heavy atom. The standard InChI is InChI=1S/C15H16N2O6S/c1-8(19)16-9-4-5-10-11(6-9)24-13(15(21)23-3)12(14(20)22-2)17(10)7-18/h4-7,12-13H,1-3H3,(H,16,19)/t12-,13-/m1/s1. The lowest BCUT2D eigenvalue weighted by molar-refractivity contribution is -0.148. The molecule has 0 saturated heterocycles. The Balaban J connectivity index is 2.51. The number of carbonyl (C=O) groups excluding carboxylic acids is 4. The van der Waals surface area contributed by atoms with E-state index in [-0.39, 0.29) is 5.91 Å². The minimum atomic E-state index is -1.14. The van der Waals surface area contributed by atoms with Gasteiger partial charge < -0.3 is 14.8 Å². The molecule has 2 amide bonds. The first-order valence-corrected chi connectivity index (χ1v) is 7.78. The summed E-state index contributed by atoms with van der Waals surface area (Å²) in [6, 6.07) is 3.68. The first kappa shape index (κ1) is 17.8. The molecule has 1 N–H and O–H groups in total. The molecule has 0 radical (unpaired) electrons. The molecule has 128 valence electrons. The number of fused-ring (bicyclic) bond motifs is 1. The van der Waals surface area contributed by atoms with Crippen molar-refractivity contribution in [2.24, 2.45) is 0 Å². The van der Waals surface area contributed by atoms with Gasteiger partial charge in [-0.25, -0.2) is 4.79 Å². The summed E-state index contributed by atoms with van der Waals surface area (Å²) in [6.07, 6.45) is 0.466. The van der Waals surface area contributed by atoms with Crippen LogP contribution in [-0.4, -0.2) is 49.8 Å². The summed E-state index contributed by atoms with van der Waals surface area (Å²) >= 11 is 1.07. The summed E-state index contributed by atoms with van der Waals surface area (Å²) in [4.78, 5) is 48.6. The van der Waals surface area contributed by atoms with E-state index in [1.54, 1.807) is 18.2 Å². The molecule has 0 aliphatic carbocycles. The molecule has 0 spiro atoms. The Labute approximate surface area is 142 Å². The van der Waals surface area contributed by atoms with Crippen LogP contribution in [0.25, 0.3) is 0 Å². The number of esters is 2. The van der Waals surface area contributed by atoms with Crippen LogP contribution in [0, 0.1) is 0 Å². The van der Waals surface area contributed by atoms with Gasteiger partial charge in [0.25, 0.3) is 0 Å². The zero-order chi connectivity index (χ0) is 17.9. The largest absolute Gasteiger partial charge is 0.468 e. The number of anilines is 2. The van der Waals surface area contributed by atoms with Crippen molar-refractivity contribution in [3.8, 4) is 0 Å². The second kappa shape index (κ2) is 7.35. The van der Waals surface area contributed by atoms with Crippen molar-refractivity contribution in [1.82, 2.24) is 0 Å². The topological polar surface area (TPSA) is 102 Å². The van der Waals surface area contributed by atoms with Gasteiger partial charge in [0.15, 0.2) is 6.04 Å². The molecule has 2 atom stereocenters. The highest BCUT2D eigenvalue weighted by atomic mass is 32.2. The molecule has 1 aliphatic heterocycles. The van der Waals surface area contributed by atoms with Gasteiger partial charge in [0.2, 0.25) is 12.3 Å². The third-order valence-electron chi connectivity index (χ3n) is 3.39. The number of benzene rings is 1. The van der Waals surface area contributed by atoms with Gasteiger partial charge in [0.05, 0.1) is 19.9 Å². The molecule has 1 aliphatic rings. The van der Waals surface area contributed by atoms with Crippen LogP contribution in [-0.2, 0) is 28.7 Å². The number of hydrogen-bond donors (Lipinski definition) is 1. The highest BCUT2D eigenvalue weighted by molar-refractivity contribution is 8.01. The number of thioether (sulfide) groups is 1. The first-order valence-electron chi connectivity index (χ1n) is 6.90. The first-order chi connectivity index (χ1) is 11.4. The smallest absolute Gasteiger partial charge is 0.330 e. The number of carbonyl (C=O) groups is 4. The SMILES string of the molecule is COC(=O)[C@@H]1Sc2cc(NC(C)=O)ccc2N(C=O)[C@H]1C(=O)OC. The third-order valence-corrected chi connectivity index (χ3v) is 4.67. The number of amides is 2. The molecular weight excluding hydrogens is 336 g/mol. The third kappa shape index (κ3) is 3.35. The monoisotopic (exact) mass is 352 g/mol. The summed E-state index contributed by atoms with van der Waals surface area (Å²) in [5.74, 6) is -1.63. The van der Waals surface area contributed by atoms with E-state index < -0.39 is 23.2 Å². The summed E-state index contributed by atoms with van der Waals surface area (Å²) < 4.78 is 9.46. The second-order valence-electron chi connectivity index (χ2n) is 4.91. The second-order valence-corrected chi connectivity index (χ2v) is 6.09. The maximum absolute atomic E-state index is 12.1. The van der Waals surface area contributed by atoms with Crippen molar-refractivity contribution in [3.05, 3.63) is 18.2 Å². The molecule has 0 saturated carbocycles. The van der Waals surface area contributed by atoms with Crippen LogP contribution in [0.5, 0.6) is 0 Å². The van der Waals surface area contributed by atoms with Gasteiger partial charge in [-0.1, -0.05) is 0 Å². The van der Waals surface area contributed by atoms with E-state index in [0.29, 0.717) is 22.7 Å². The van der Waals surface area contributed by atoms with E-state index in [1.165, 1.54) is 21.1 Å². The average molecular weight is 352 g/mol. The van der Waals surface area contributed by atoms with Crippen molar-refractivity contribution >= 4 is 47.4 Å². The van der Waals surface area contributed by atoms with Crippen LogP contribution in [0.2, 0.25) is 0 Å². The number of nitrogens with zero attached hydrogens (tertiary/aromatic N) is 1. The van der Waals surface area contributed by atoms with Gasteiger partial charge in [-0.15, -0.1) is 11.8 Å². The van der Waals surface area contributed by atoms with Crippen LogP contribution >= 0.6 is 11.8 Å². The van der Waals surface area contributed by atoms with Crippen molar-refractivity contribution in [2.75, 3.05) is 24.4 Å². The van der Waals surface area contributed by atoms with E-state index in [4.69, 9.17) is 9.47 Å². The van der Waals surface area contributed by atoms with E-state index in [9.17, 15) is 19.2 Å². The molecule has 1 aromatic carbocycles. The molecule has 1 aromatic rings. The summed E-state index contributed by atoms with van der Waals surface area (Å²) in [7, 11) is 2.38. The minimum Gasteiger partial charge on any atom is -0.468 e. The molecule has 9 heteroatoms. The van der Waals surface area contributed by atoms with Gasteiger partial charge in [-0.3, -0.25) is 19.3 Å². The molecule has 0 bridgehead atoms. The van der Waals surface area contributed by atoms with Crippen LogP contribution in [0.1, 0.15) is 6.92 Å². The maximum atomic E-state index is 12.1. The lowest BCUT2D eigenvalue weighted by Crippen LogP contribution is -2.53. The Bertz CT molecular complexity index is 693. The van der Waals surface area contributed by atoms with Gasteiger partial charge in [0.1, 0.15) is 5.25 Å². The van der Waals surface area contributed by atoms with Gasteiger partial charge in [0, 0.05) is 17.5 Å². The van der Waals surface area contributed by atoms with E-state index in [1.807, 2.05) is 0 Å².